The van der Waals surface area contributed by atoms with E-state index in [9.17, 15) is 18.0 Å². The molecule has 0 spiro atoms. The summed E-state index contributed by atoms with van der Waals surface area (Å²) < 4.78 is 39.1. The molecule has 0 aliphatic carbocycles. The molecule has 0 unspecified atom stereocenters. The number of carbonyl (C=O) groups excluding carboxylic acids is 1. The Hall–Kier alpha value is -3.18. The second kappa shape index (κ2) is 9.13. The molecule has 4 rings (SSSR count). The molecule has 1 aliphatic heterocycles. The van der Waals surface area contributed by atoms with Crippen LogP contribution in [0.15, 0.2) is 56.7 Å². The third-order valence-corrected chi connectivity index (χ3v) is 7.14. The Labute approximate surface area is 185 Å². The van der Waals surface area contributed by atoms with Gasteiger partial charge in [-0.25, -0.2) is 18.2 Å². The molecule has 170 valence electrons. The summed E-state index contributed by atoms with van der Waals surface area (Å²) >= 11 is 0. The number of benzene rings is 1. The predicted octanol–water partition coefficient (Wildman–Crippen LogP) is 1.45. The van der Waals surface area contributed by atoms with Gasteiger partial charge in [-0.05, 0) is 30.7 Å². The molecule has 0 amide bonds. The Kier molecular flexibility index (Phi) is 6.28. The topological polar surface area (TPSA) is 115 Å². The van der Waals surface area contributed by atoms with Gasteiger partial charge >= 0.3 is 11.7 Å². The summed E-state index contributed by atoms with van der Waals surface area (Å²) in [5, 5.41) is 0. The van der Waals surface area contributed by atoms with Gasteiger partial charge in [-0.1, -0.05) is 13.0 Å². The average Bonchev–Trinajstić information content (AvgIpc) is 3.12. The van der Waals surface area contributed by atoms with Crippen LogP contribution in [0.4, 0.5) is 5.82 Å². The highest BCUT2D eigenvalue weighted by Gasteiger charge is 2.29. The molecule has 0 atom stereocenters. The summed E-state index contributed by atoms with van der Waals surface area (Å²) in [5.41, 5.74) is 0.439. The Morgan fingerprint density at radius 1 is 1.16 bits per heavy atom. The minimum atomic E-state index is -3.77. The quantitative estimate of drug-likeness (QED) is 0.487. The fourth-order valence-corrected chi connectivity index (χ4v) is 5.03. The first-order valence-corrected chi connectivity index (χ1v) is 11.8. The van der Waals surface area contributed by atoms with Gasteiger partial charge in [0.1, 0.15) is 12.4 Å². The highest BCUT2D eigenvalue weighted by molar-refractivity contribution is 7.89. The lowest BCUT2D eigenvalue weighted by Gasteiger charge is -2.34. The lowest BCUT2D eigenvalue weighted by atomic mass is 10.3. The second-order valence-electron chi connectivity index (χ2n) is 7.38. The second-order valence-corrected chi connectivity index (χ2v) is 9.32. The lowest BCUT2D eigenvalue weighted by Crippen LogP contribution is -2.48. The molecule has 1 aromatic carbocycles. The van der Waals surface area contributed by atoms with Crippen LogP contribution in [0.1, 0.15) is 13.3 Å². The zero-order valence-corrected chi connectivity index (χ0v) is 18.5. The van der Waals surface area contributed by atoms with Crippen LogP contribution < -0.4 is 10.7 Å². The van der Waals surface area contributed by atoms with Crippen molar-refractivity contribution in [2.75, 3.05) is 37.7 Å². The number of piperazine rings is 1. The number of sulfonamides is 1. The van der Waals surface area contributed by atoms with E-state index in [0.717, 1.165) is 10.4 Å². The number of hydrogen-bond acceptors (Lipinski definition) is 8. The van der Waals surface area contributed by atoms with Crippen molar-refractivity contribution >= 4 is 32.9 Å². The van der Waals surface area contributed by atoms with E-state index in [1.54, 1.807) is 6.20 Å². The summed E-state index contributed by atoms with van der Waals surface area (Å²) in [6, 6.07) is 9.84. The molecular weight excluding hydrogens is 436 g/mol. The minimum Gasteiger partial charge on any atom is -0.464 e. The fraction of sp³-hybridized carbons (Fsp3) is 0.381. The summed E-state index contributed by atoms with van der Waals surface area (Å²) in [6.45, 7) is 3.49. The monoisotopic (exact) mass is 460 g/mol. The van der Waals surface area contributed by atoms with Gasteiger partial charge in [0.2, 0.25) is 10.0 Å². The third-order valence-electron chi connectivity index (χ3n) is 5.24. The number of pyridine rings is 1. The maximum atomic E-state index is 13.2. The average molecular weight is 461 g/mol. The Morgan fingerprint density at radius 2 is 1.94 bits per heavy atom. The number of esters is 1. The SMILES string of the molecule is CCCOC(=O)Cn1c(=O)oc2cc(S(=O)(=O)N3CCN(c4ccccn4)CC3)ccc21. The van der Waals surface area contributed by atoms with E-state index in [1.807, 2.05) is 30.0 Å². The molecule has 0 radical (unpaired) electrons. The fourth-order valence-electron chi connectivity index (χ4n) is 3.59. The number of ether oxygens (including phenoxy) is 1. The number of aromatic nitrogens is 2. The van der Waals surface area contributed by atoms with Gasteiger partial charge in [-0.3, -0.25) is 9.36 Å². The molecule has 1 fully saturated rings. The van der Waals surface area contributed by atoms with E-state index in [2.05, 4.69) is 4.98 Å². The van der Waals surface area contributed by atoms with Crippen LogP contribution in [0, 0.1) is 0 Å². The maximum absolute atomic E-state index is 13.2. The minimum absolute atomic E-state index is 0.0331. The van der Waals surface area contributed by atoms with Gasteiger partial charge in [0.05, 0.1) is 17.0 Å². The van der Waals surface area contributed by atoms with Gasteiger partial charge in [-0.2, -0.15) is 4.31 Å². The highest BCUT2D eigenvalue weighted by Crippen LogP contribution is 2.23. The Morgan fingerprint density at radius 3 is 2.62 bits per heavy atom. The number of nitrogens with zero attached hydrogens (tertiary/aromatic N) is 4. The van der Waals surface area contributed by atoms with Crippen LogP contribution in [0.3, 0.4) is 0 Å². The maximum Gasteiger partial charge on any atom is 0.420 e. The zero-order valence-electron chi connectivity index (χ0n) is 17.6. The first kappa shape index (κ1) is 22.0. The van der Waals surface area contributed by atoms with Crippen molar-refractivity contribution in [3.05, 3.63) is 53.1 Å². The van der Waals surface area contributed by atoms with Gasteiger partial charge in [0.15, 0.2) is 5.58 Å². The van der Waals surface area contributed by atoms with E-state index >= 15 is 0 Å². The predicted molar refractivity (Wildman–Crippen MR) is 117 cm³/mol. The molecule has 1 saturated heterocycles. The van der Waals surface area contributed by atoms with E-state index in [0.29, 0.717) is 38.1 Å². The zero-order chi connectivity index (χ0) is 22.7. The van der Waals surface area contributed by atoms with Crippen molar-refractivity contribution in [1.82, 2.24) is 13.9 Å². The standard InChI is InChI=1S/C21H24N4O6S/c1-2-13-30-20(26)15-25-17-7-6-16(14-18(17)31-21(25)27)32(28,29)24-11-9-23(10-12-24)19-5-3-4-8-22-19/h3-8,14H,2,9-13,15H2,1H3. The molecule has 1 aliphatic rings. The van der Waals surface area contributed by atoms with Crippen molar-refractivity contribution in [3.63, 3.8) is 0 Å². The van der Waals surface area contributed by atoms with E-state index in [-0.39, 0.29) is 23.6 Å². The van der Waals surface area contributed by atoms with Gasteiger partial charge in [-0.15, -0.1) is 0 Å². The Balaban J connectivity index is 1.52. The number of carbonyl (C=O) groups is 1. The summed E-state index contributed by atoms with van der Waals surface area (Å²) in [6.07, 6.45) is 2.38. The first-order chi connectivity index (χ1) is 15.4. The molecule has 0 saturated carbocycles. The first-order valence-electron chi connectivity index (χ1n) is 10.4. The summed E-state index contributed by atoms with van der Waals surface area (Å²) in [5.74, 6) is -0.488. The van der Waals surface area contributed by atoms with E-state index < -0.39 is 21.7 Å². The van der Waals surface area contributed by atoms with Crippen molar-refractivity contribution < 1.29 is 22.4 Å². The van der Waals surface area contributed by atoms with Gasteiger partial charge in [0.25, 0.3) is 0 Å². The third kappa shape index (κ3) is 4.39. The molecule has 32 heavy (non-hydrogen) atoms. The summed E-state index contributed by atoms with van der Waals surface area (Å²) in [4.78, 5) is 30.5. The van der Waals surface area contributed by atoms with Crippen LogP contribution in [0.5, 0.6) is 0 Å². The van der Waals surface area contributed by atoms with Crippen LogP contribution in [-0.2, 0) is 26.1 Å². The van der Waals surface area contributed by atoms with Crippen molar-refractivity contribution in [1.29, 1.82) is 0 Å². The smallest absolute Gasteiger partial charge is 0.420 e. The molecule has 3 aromatic rings. The largest absolute Gasteiger partial charge is 0.464 e. The van der Waals surface area contributed by atoms with Crippen molar-refractivity contribution in [3.8, 4) is 0 Å². The van der Waals surface area contributed by atoms with Gasteiger partial charge in [0, 0.05) is 38.4 Å². The van der Waals surface area contributed by atoms with Crippen LogP contribution in [0.2, 0.25) is 0 Å². The van der Waals surface area contributed by atoms with Gasteiger partial charge < -0.3 is 14.1 Å². The lowest BCUT2D eigenvalue weighted by molar-refractivity contribution is -0.144. The van der Waals surface area contributed by atoms with E-state index in [1.165, 1.54) is 22.5 Å². The molecular formula is C21H24N4O6S. The molecule has 0 N–H and O–H groups in total. The molecule has 2 aromatic heterocycles. The number of rotatable bonds is 7. The van der Waals surface area contributed by atoms with Crippen molar-refractivity contribution in [2.24, 2.45) is 0 Å². The van der Waals surface area contributed by atoms with E-state index in [4.69, 9.17) is 9.15 Å². The Bertz CT molecular complexity index is 1260. The molecule has 0 bridgehead atoms. The van der Waals surface area contributed by atoms with Crippen LogP contribution in [-0.4, -0.2) is 61.0 Å². The number of anilines is 1. The highest BCUT2D eigenvalue weighted by atomic mass is 32.2. The summed E-state index contributed by atoms with van der Waals surface area (Å²) in [7, 11) is -3.77. The molecule has 3 heterocycles. The number of hydrogen-bond donors (Lipinski definition) is 0. The molecule has 11 heteroatoms. The normalized spacial score (nSPS) is 15.2. The number of oxazole rings is 1. The van der Waals surface area contributed by atoms with Crippen LogP contribution >= 0.6 is 0 Å². The van der Waals surface area contributed by atoms with Crippen LogP contribution in [0.25, 0.3) is 11.1 Å². The van der Waals surface area contributed by atoms with Crippen molar-refractivity contribution in [2.45, 2.75) is 24.8 Å². The number of fused-ring (bicyclic) bond motifs is 1. The molecule has 10 nitrogen and oxygen atoms in total.